The highest BCUT2D eigenvalue weighted by Crippen LogP contribution is 2.28. The van der Waals surface area contributed by atoms with E-state index in [-0.39, 0.29) is 12.1 Å². The van der Waals surface area contributed by atoms with E-state index in [9.17, 15) is 14.7 Å². The van der Waals surface area contributed by atoms with Crippen LogP contribution in [0.5, 0.6) is 0 Å². The summed E-state index contributed by atoms with van der Waals surface area (Å²) in [6, 6.07) is 0. The number of rotatable bonds is 3. The van der Waals surface area contributed by atoms with Gasteiger partial charge in [-0.25, -0.2) is 4.68 Å². The van der Waals surface area contributed by atoms with Gasteiger partial charge in [-0.05, 0) is 32.3 Å². The molecule has 0 unspecified atom stereocenters. The molecule has 20 heavy (non-hydrogen) atoms. The Hall–Kier alpha value is -1.69. The summed E-state index contributed by atoms with van der Waals surface area (Å²) in [5.74, 6) is -0.436. The van der Waals surface area contributed by atoms with Gasteiger partial charge >= 0.3 is 0 Å². The topological polar surface area (TPSA) is 84.2 Å². The summed E-state index contributed by atoms with van der Waals surface area (Å²) in [7, 11) is 1.52. The van der Waals surface area contributed by atoms with Crippen molar-refractivity contribution in [2.45, 2.75) is 45.1 Å². The third-order valence-electron chi connectivity index (χ3n) is 4.06. The third-order valence-corrected chi connectivity index (χ3v) is 4.06. The fraction of sp³-hybridized carbons (Fsp3) is 0.643. The highest BCUT2D eigenvalue weighted by atomic mass is 16.3. The van der Waals surface area contributed by atoms with Gasteiger partial charge in [-0.3, -0.25) is 9.59 Å². The third kappa shape index (κ3) is 2.75. The van der Waals surface area contributed by atoms with Gasteiger partial charge in [0.2, 0.25) is 0 Å². The first-order valence-corrected chi connectivity index (χ1v) is 6.89. The van der Waals surface area contributed by atoms with E-state index in [0.717, 1.165) is 12.8 Å². The van der Waals surface area contributed by atoms with Gasteiger partial charge in [0.05, 0.1) is 11.3 Å². The van der Waals surface area contributed by atoms with E-state index < -0.39 is 17.1 Å². The maximum absolute atomic E-state index is 12.2. The highest BCUT2D eigenvalue weighted by molar-refractivity contribution is 5.95. The first kappa shape index (κ1) is 14.7. The molecular formula is C14H21N3O3. The van der Waals surface area contributed by atoms with Gasteiger partial charge in [-0.1, -0.05) is 12.8 Å². The number of hydrogen-bond acceptors (Lipinski definition) is 4. The van der Waals surface area contributed by atoms with Crippen LogP contribution < -0.4 is 10.9 Å². The molecule has 0 aromatic carbocycles. The second kappa shape index (κ2) is 5.36. The number of carbonyl (C=O) groups excluding carboxylic acids is 1. The van der Waals surface area contributed by atoms with Crippen molar-refractivity contribution in [2.75, 3.05) is 6.54 Å². The molecule has 1 heterocycles. The smallest absolute Gasteiger partial charge is 0.279 e. The van der Waals surface area contributed by atoms with E-state index in [2.05, 4.69) is 10.4 Å². The lowest BCUT2D eigenvalue weighted by molar-refractivity contribution is 0.0449. The Morgan fingerprint density at radius 1 is 1.40 bits per heavy atom. The lowest BCUT2D eigenvalue weighted by Gasteiger charge is -2.22. The summed E-state index contributed by atoms with van der Waals surface area (Å²) in [6.07, 6.45) is 3.34. The Morgan fingerprint density at radius 3 is 2.60 bits per heavy atom. The molecule has 6 nitrogen and oxygen atoms in total. The molecule has 0 saturated heterocycles. The maximum Gasteiger partial charge on any atom is 0.279 e. The van der Waals surface area contributed by atoms with Gasteiger partial charge in [0, 0.05) is 13.6 Å². The summed E-state index contributed by atoms with van der Waals surface area (Å²) in [5, 5.41) is 17.0. The van der Waals surface area contributed by atoms with E-state index in [0.29, 0.717) is 24.1 Å². The predicted molar refractivity (Wildman–Crippen MR) is 74.7 cm³/mol. The standard InChI is InChI=1S/C14H21N3O3/c1-9-10(2)16-17(3)13(19)11(9)12(18)15-8-14(20)6-4-5-7-14/h20H,4-8H2,1-3H3,(H,15,18). The minimum atomic E-state index is -0.823. The lowest BCUT2D eigenvalue weighted by Crippen LogP contribution is -2.43. The number of amides is 1. The Kier molecular flexibility index (Phi) is 3.94. The number of nitrogens with one attached hydrogen (secondary N) is 1. The van der Waals surface area contributed by atoms with Crippen molar-refractivity contribution in [2.24, 2.45) is 7.05 Å². The molecule has 0 atom stereocenters. The van der Waals surface area contributed by atoms with Crippen molar-refractivity contribution < 1.29 is 9.90 Å². The van der Waals surface area contributed by atoms with Crippen LogP contribution in [-0.2, 0) is 7.05 Å². The molecule has 2 rings (SSSR count). The first-order chi connectivity index (χ1) is 9.34. The van der Waals surface area contributed by atoms with Crippen LogP contribution in [-0.4, -0.2) is 32.9 Å². The zero-order valence-electron chi connectivity index (χ0n) is 12.2. The van der Waals surface area contributed by atoms with Crippen LogP contribution in [0.25, 0.3) is 0 Å². The van der Waals surface area contributed by atoms with Crippen LogP contribution in [0.2, 0.25) is 0 Å². The average Bonchev–Trinajstić information content (AvgIpc) is 2.82. The van der Waals surface area contributed by atoms with E-state index in [1.54, 1.807) is 13.8 Å². The van der Waals surface area contributed by atoms with Crippen molar-refractivity contribution in [1.29, 1.82) is 0 Å². The lowest BCUT2D eigenvalue weighted by atomic mass is 10.0. The Balaban J connectivity index is 2.20. The molecule has 0 aliphatic heterocycles. The van der Waals surface area contributed by atoms with Crippen LogP contribution in [0.4, 0.5) is 0 Å². The van der Waals surface area contributed by atoms with Crippen molar-refractivity contribution in [3.63, 3.8) is 0 Å². The molecule has 0 radical (unpaired) electrons. The highest BCUT2D eigenvalue weighted by Gasteiger charge is 2.32. The number of hydrogen-bond donors (Lipinski definition) is 2. The van der Waals surface area contributed by atoms with Crippen LogP contribution in [0.1, 0.15) is 47.3 Å². The zero-order valence-corrected chi connectivity index (χ0v) is 12.2. The molecule has 0 bridgehead atoms. The van der Waals surface area contributed by atoms with E-state index in [4.69, 9.17) is 0 Å². The van der Waals surface area contributed by atoms with Crippen LogP contribution in [0.15, 0.2) is 4.79 Å². The fourth-order valence-corrected chi connectivity index (χ4v) is 2.66. The molecule has 6 heteroatoms. The molecular weight excluding hydrogens is 258 g/mol. The monoisotopic (exact) mass is 279 g/mol. The second-order valence-electron chi connectivity index (χ2n) is 5.63. The Labute approximate surface area is 117 Å². The van der Waals surface area contributed by atoms with Gasteiger partial charge in [-0.2, -0.15) is 5.10 Å². The van der Waals surface area contributed by atoms with Gasteiger partial charge in [0.15, 0.2) is 0 Å². The maximum atomic E-state index is 12.2. The summed E-state index contributed by atoms with van der Waals surface area (Å²) >= 11 is 0. The summed E-state index contributed by atoms with van der Waals surface area (Å²) < 4.78 is 1.17. The molecule has 110 valence electrons. The number of carbonyl (C=O) groups is 1. The van der Waals surface area contributed by atoms with Gasteiger partial charge in [-0.15, -0.1) is 0 Å². The number of nitrogens with zero attached hydrogens (tertiary/aromatic N) is 2. The first-order valence-electron chi connectivity index (χ1n) is 6.89. The number of aliphatic hydroxyl groups is 1. The largest absolute Gasteiger partial charge is 0.388 e. The molecule has 1 aromatic heterocycles. The van der Waals surface area contributed by atoms with Crippen molar-refractivity contribution in [3.8, 4) is 0 Å². The van der Waals surface area contributed by atoms with Gasteiger partial charge < -0.3 is 10.4 Å². The van der Waals surface area contributed by atoms with Crippen molar-refractivity contribution in [1.82, 2.24) is 15.1 Å². The average molecular weight is 279 g/mol. The van der Waals surface area contributed by atoms with Gasteiger partial charge in [0.1, 0.15) is 5.56 Å². The van der Waals surface area contributed by atoms with Crippen molar-refractivity contribution >= 4 is 5.91 Å². The normalized spacial score (nSPS) is 17.2. The van der Waals surface area contributed by atoms with E-state index >= 15 is 0 Å². The predicted octanol–water partition coefficient (Wildman–Crippen LogP) is 0.432. The number of aryl methyl sites for hydroxylation is 2. The van der Waals surface area contributed by atoms with Gasteiger partial charge in [0.25, 0.3) is 11.5 Å². The summed E-state index contributed by atoms with van der Waals surface area (Å²) in [5.41, 5.74) is 0.114. The molecule has 1 fully saturated rings. The van der Waals surface area contributed by atoms with Crippen LogP contribution >= 0.6 is 0 Å². The molecule has 1 aliphatic rings. The molecule has 2 N–H and O–H groups in total. The van der Waals surface area contributed by atoms with Crippen molar-refractivity contribution in [3.05, 3.63) is 27.2 Å². The van der Waals surface area contributed by atoms with E-state index in [1.807, 2.05) is 0 Å². The zero-order chi connectivity index (χ0) is 14.9. The molecule has 0 spiro atoms. The Morgan fingerprint density at radius 2 is 2.00 bits per heavy atom. The molecule has 1 saturated carbocycles. The minimum Gasteiger partial charge on any atom is -0.388 e. The minimum absolute atomic E-state index is 0.113. The fourth-order valence-electron chi connectivity index (χ4n) is 2.66. The SMILES string of the molecule is Cc1nn(C)c(=O)c(C(=O)NCC2(O)CCCC2)c1C. The van der Waals surface area contributed by atoms with E-state index in [1.165, 1.54) is 11.7 Å². The molecule has 1 amide bonds. The quantitative estimate of drug-likeness (QED) is 0.840. The number of aromatic nitrogens is 2. The molecule has 1 aliphatic carbocycles. The van der Waals surface area contributed by atoms with Crippen LogP contribution in [0, 0.1) is 13.8 Å². The summed E-state index contributed by atoms with van der Waals surface area (Å²) in [6.45, 7) is 3.66. The summed E-state index contributed by atoms with van der Waals surface area (Å²) in [4.78, 5) is 24.3. The second-order valence-corrected chi connectivity index (χ2v) is 5.63. The Bertz CT molecular complexity index is 586. The molecule has 1 aromatic rings. The van der Waals surface area contributed by atoms with Crippen LogP contribution in [0.3, 0.4) is 0 Å².